The van der Waals surface area contributed by atoms with Gasteiger partial charge in [-0.25, -0.2) is 0 Å². The number of nitrogens with zero attached hydrogens (tertiary/aromatic N) is 3. The van der Waals surface area contributed by atoms with Crippen molar-refractivity contribution in [3.8, 4) is 0 Å². The third-order valence-electron chi connectivity index (χ3n) is 3.95. The van der Waals surface area contributed by atoms with Crippen molar-refractivity contribution in [3.05, 3.63) is 17.0 Å². The molecule has 1 aromatic rings. The Hall–Kier alpha value is -1.32. The first-order chi connectivity index (χ1) is 8.59. The monoisotopic (exact) mass is 249 g/mol. The summed E-state index contributed by atoms with van der Waals surface area (Å²) in [7, 11) is 1.93. The summed E-state index contributed by atoms with van der Waals surface area (Å²) in [5, 5.41) is 4.37. The molecule has 1 aromatic heterocycles. The van der Waals surface area contributed by atoms with E-state index in [1.165, 1.54) is 12.8 Å². The molecule has 18 heavy (non-hydrogen) atoms. The second-order valence-corrected chi connectivity index (χ2v) is 5.24. The van der Waals surface area contributed by atoms with Gasteiger partial charge in [-0.1, -0.05) is 12.8 Å². The zero-order valence-electron chi connectivity index (χ0n) is 11.7. The average molecular weight is 249 g/mol. The van der Waals surface area contributed by atoms with Gasteiger partial charge in [0.25, 0.3) is 0 Å². The zero-order chi connectivity index (χ0) is 13.1. The van der Waals surface area contributed by atoms with Gasteiger partial charge >= 0.3 is 0 Å². The van der Waals surface area contributed by atoms with Gasteiger partial charge in [-0.2, -0.15) is 5.10 Å². The summed E-state index contributed by atoms with van der Waals surface area (Å²) < 4.78 is 1.86. The second kappa shape index (κ2) is 5.55. The van der Waals surface area contributed by atoms with Gasteiger partial charge in [0.05, 0.1) is 12.1 Å². The molecule has 1 saturated heterocycles. The first kappa shape index (κ1) is 13.1. The van der Waals surface area contributed by atoms with Crippen LogP contribution in [0.1, 0.15) is 42.6 Å². The number of likely N-dealkylation sites (tertiary alicyclic amines) is 1. The van der Waals surface area contributed by atoms with Gasteiger partial charge in [0.15, 0.2) is 0 Å². The van der Waals surface area contributed by atoms with Gasteiger partial charge in [-0.05, 0) is 26.7 Å². The highest BCUT2D eigenvalue weighted by Gasteiger charge is 2.19. The molecule has 0 aliphatic carbocycles. The van der Waals surface area contributed by atoms with E-state index in [0.29, 0.717) is 6.42 Å². The summed E-state index contributed by atoms with van der Waals surface area (Å²) in [5.74, 6) is 0.260. The van der Waals surface area contributed by atoms with Crippen LogP contribution in [0.5, 0.6) is 0 Å². The van der Waals surface area contributed by atoms with Crippen molar-refractivity contribution in [1.82, 2.24) is 14.7 Å². The van der Waals surface area contributed by atoms with Crippen molar-refractivity contribution in [2.24, 2.45) is 7.05 Å². The van der Waals surface area contributed by atoms with Gasteiger partial charge in [0.2, 0.25) is 5.91 Å². The lowest BCUT2D eigenvalue weighted by atomic mass is 10.1. The third kappa shape index (κ3) is 2.74. The van der Waals surface area contributed by atoms with Gasteiger partial charge in [0.1, 0.15) is 0 Å². The van der Waals surface area contributed by atoms with Crippen LogP contribution in [0, 0.1) is 13.8 Å². The minimum atomic E-state index is 0.260. The Bertz CT molecular complexity index is 428. The van der Waals surface area contributed by atoms with E-state index in [4.69, 9.17) is 0 Å². The second-order valence-electron chi connectivity index (χ2n) is 5.24. The lowest BCUT2D eigenvalue weighted by Crippen LogP contribution is -2.33. The molecular weight excluding hydrogens is 226 g/mol. The maximum atomic E-state index is 12.3. The lowest BCUT2D eigenvalue weighted by Gasteiger charge is -2.20. The number of aromatic nitrogens is 2. The number of carbonyl (C=O) groups is 1. The van der Waals surface area contributed by atoms with Crippen molar-refractivity contribution >= 4 is 5.91 Å². The molecule has 0 aromatic carbocycles. The Kier molecular flexibility index (Phi) is 4.04. The predicted octanol–water partition coefficient (Wildman–Crippen LogP) is 1.98. The van der Waals surface area contributed by atoms with Crippen molar-refractivity contribution in [2.45, 2.75) is 46.0 Å². The number of carbonyl (C=O) groups excluding carboxylic acids is 1. The number of hydrogen-bond donors (Lipinski definition) is 0. The first-order valence-corrected chi connectivity index (χ1v) is 6.86. The summed E-state index contributed by atoms with van der Waals surface area (Å²) in [6, 6.07) is 0. The Morgan fingerprint density at radius 1 is 1.17 bits per heavy atom. The van der Waals surface area contributed by atoms with E-state index >= 15 is 0 Å². The highest BCUT2D eigenvalue weighted by atomic mass is 16.2. The quantitative estimate of drug-likeness (QED) is 0.804. The molecule has 2 rings (SSSR count). The molecule has 100 valence electrons. The molecule has 4 nitrogen and oxygen atoms in total. The Morgan fingerprint density at radius 3 is 2.28 bits per heavy atom. The fourth-order valence-electron chi connectivity index (χ4n) is 2.66. The van der Waals surface area contributed by atoms with Crippen LogP contribution in [0.2, 0.25) is 0 Å². The van der Waals surface area contributed by atoms with E-state index in [1.807, 2.05) is 30.5 Å². The summed E-state index contributed by atoms with van der Waals surface area (Å²) in [6.07, 6.45) is 5.32. The minimum Gasteiger partial charge on any atom is -0.342 e. The maximum Gasteiger partial charge on any atom is 0.227 e. The molecule has 0 bridgehead atoms. The molecule has 1 fully saturated rings. The molecule has 1 amide bonds. The van der Waals surface area contributed by atoms with E-state index in [1.54, 1.807) is 0 Å². The molecule has 1 aliphatic heterocycles. The lowest BCUT2D eigenvalue weighted by molar-refractivity contribution is -0.130. The van der Waals surface area contributed by atoms with Crippen LogP contribution >= 0.6 is 0 Å². The average Bonchev–Trinajstić information content (AvgIpc) is 2.58. The number of amides is 1. The van der Waals surface area contributed by atoms with Crippen LogP contribution < -0.4 is 0 Å². The number of rotatable bonds is 2. The van der Waals surface area contributed by atoms with Crippen LogP contribution in [0.25, 0.3) is 0 Å². The summed E-state index contributed by atoms with van der Waals surface area (Å²) in [5.41, 5.74) is 3.19. The van der Waals surface area contributed by atoms with Gasteiger partial charge < -0.3 is 4.90 Å². The van der Waals surface area contributed by atoms with E-state index in [0.717, 1.165) is 42.9 Å². The van der Waals surface area contributed by atoms with Gasteiger partial charge in [-0.3, -0.25) is 9.48 Å². The SMILES string of the molecule is Cc1nn(C)c(C)c1CC(=O)N1CCCCCC1. The first-order valence-electron chi connectivity index (χ1n) is 6.86. The molecule has 0 unspecified atom stereocenters. The molecule has 0 radical (unpaired) electrons. The summed E-state index contributed by atoms with van der Waals surface area (Å²) in [6.45, 7) is 5.87. The molecular formula is C14H23N3O. The highest BCUT2D eigenvalue weighted by molar-refractivity contribution is 5.79. The predicted molar refractivity (Wildman–Crippen MR) is 71.4 cm³/mol. The normalized spacial score (nSPS) is 16.7. The topological polar surface area (TPSA) is 38.1 Å². The standard InChI is InChI=1S/C14H23N3O/c1-11-13(12(2)16(3)15-11)10-14(18)17-8-6-4-5-7-9-17/h4-10H2,1-3H3. The Labute approximate surface area is 109 Å². The van der Waals surface area contributed by atoms with Crippen LogP contribution in [0.3, 0.4) is 0 Å². The van der Waals surface area contributed by atoms with E-state index in [-0.39, 0.29) is 5.91 Å². The van der Waals surface area contributed by atoms with Crippen molar-refractivity contribution in [3.63, 3.8) is 0 Å². The minimum absolute atomic E-state index is 0.260. The smallest absolute Gasteiger partial charge is 0.227 e. The Balaban J connectivity index is 2.06. The van der Waals surface area contributed by atoms with Gasteiger partial charge in [-0.15, -0.1) is 0 Å². The molecule has 2 heterocycles. The van der Waals surface area contributed by atoms with Gasteiger partial charge in [0, 0.05) is 31.4 Å². The molecule has 0 saturated carbocycles. The molecule has 0 atom stereocenters. The maximum absolute atomic E-state index is 12.3. The fraction of sp³-hybridized carbons (Fsp3) is 0.714. The van der Waals surface area contributed by atoms with Crippen molar-refractivity contribution < 1.29 is 4.79 Å². The van der Waals surface area contributed by atoms with E-state index in [2.05, 4.69) is 5.10 Å². The third-order valence-corrected chi connectivity index (χ3v) is 3.95. The molecule has 0 spiro atoms. The zero-order valence-corrected chi connectivity index (χ0v) is 11.7. The van der Waals surface area contributed by atoms with Crippen LogP contribution in [0.4, 0.5) is 0 Å². The summed E-state index contributed by atoms with van der Waals surface area (Å²) in [4.78, 5) is 14.3. The summed E-state index contributed by atoms with van der Waals surface area (Å²) >= 11 is 0. The van der Waals surface area contributed by atoms with E-state index in [9.17, 15) is 4.79 Å². The van der Waals surface area contributed by atoms with Crippen LogP contribution in [0.15, 0.2) is 0 Å². The Morgan fingerprint density at radius 2 is 1.78 bits per heavy atom. The number of aryl methyl sites for hydroxylation is 2. The number of hydrogen-bond acceptors (Lipinski definition) is 2. The highest BCUT2D eigenvalue weighted by Crippen LogP contribution is 2.16. The van der Waals surface area contributed by atoms with E-state index < -0.39 is 0 Å². The van der Waals surface area contributed by atoms with Crippen molar-refractivity contribution in [1.29, 1.82) is 0 Å². The fourth-order valence-corrected chi connectivity index (χ4v) is 2.66. The van der Waals surface area contributed by atoms with Crippen LogP contribution in [-0.4, -0.2) is 33.7 Å². The largest absolute Gasteiger partial charge is 0.342 e. The molecule has 0 N–H and O–H groups in total. The van der Waals surface area contributed by atoms with Crippen molar-refractivity contribution in [2.75, 3.05) is 13.1 Å². The molecule has 1 aliphatic rings. The van der Waals surface area contributed by atoms with Crippen LogP contribution in [-0.2, 0) is 18.3 Å². The molecule has 4 heteroatoms.